The molecule has 0 aliphatic heterocycles. The Labute approximate surface area is 180 Å². The normalized spacial score (nSPS) is 10.8. The van der Waals surface area contributed by atoms with Crippen LogP contribution in [0.3, 0.4) is 0 Å². The van der Waals surface area contributed by atoms with Crippen LogP contribution in [-0.2, 0) is 11.3 Å². The van der Waals surface area contributed by atoms with Gasteiger partial charge in [0.1, 0.15) is 12.3 Å². The van der Waals surface area contributed by atoms with E-state index in [1.54, 1.807) is 7.11 Å². The summed E-state index contributed by atoms with van der Waals surface area (Å²) in [4.78, 5) is 16.2. The SMILES string of the molecule is COc1cccc(-c2ccc(-c3ccc4cc(C)ccc4c3)n2CC(=O)N=C(N)N)c1. The molecule has 0 radical (unpaired) electrons. The Morgan fingerprint density at radius 2 is 1.58 bits per heavy atom. The van der Waals surface area contributed by atoms with Gasteiger partial charge >= 0.3 is 0 Å². The van der Waals surface area contributed by atoms with Gasteiger partial charge < -0.3 is 20.8 Å². The first-order chi connectivity index (χ1) is 14.9. The Morgan fingerprint density at radius 1 is 0.903 bits per heavy atom. The van der Waals surface area contributed by atoms with E-state index in [0.717, 1.165) is 33.7 Å². The molecule has 0 atom stereocenters. The number of carbonyl (C=O) groups is 1. The Morgan fingerprint density at radius 3 is 2.29 bits per heavy atom. The van der Waals surface area contributed by atoms with E-state index in [2.05, 4.69) is 48.3 Å². The van der Waals surface area contributed by atoms with Crippen LogP contribution >= 0.6 is 0 Å². The third-order valence-electron chi connectivity index (χ3n) is 5.18. The summed E-state index contributed by atoms with van der Waals surface area (Å²) in [6.45, 7) is 2.09. The fourth-order valence-electron chi connectivity index (χ4n) is 3.76. The molecule has 1 heterocycles. The van der Waals surface area contributed by atoms with E-state index in [-0.39, 0.29) is 12.5 Å². The number of aryl methyl sites for hydroxylation is 1. The maximum Gasteiger partial charge on any atom is 0.268 e. The van der Waals surface area contributed by atoms with Crippen molar-refractivity contribution < 1.29 is 9.53 Å². The lowest BCUT2D eigenvalue weighted by atomic mass is 10.0. The van der Waals surface area contributed by atoms with Crippen molar-refractivity contribution in [1.29, 1.82) is 0 Å². The van der Waals surface area contributed by atoms with Crippen LogP contribution < -0.4 is 16.2 Å². The fraction of sp³-hybridized carbons (Fsp3) is 0.120. The van der Waals surface area contributed by atoms with Crippen molar-refractivity contribution >= 4 is 22.6 Å². The van der Waals surface area contributed by atoms with Crippen LogP contribution in [0, 0.1) is 6.92 Å². The topological polar surface area (TPSA) is 95.6 Å². The van der Waals surface area contributed by atoms with E-state index < -0.39 is 5.91 Å². The molecule has 4 aromatic rings. The largest absolute Gasteiger partial charge is 0.497 e. The number of rotatable bonds is 5. The van der Waals surface area contributed by atoms with Crippen molar-refractivity contribution in [1.82, 2.24) is 4.57 Å². The van der Waals surface area contributed by atoms with E-state index in [9.17, 15) is 4.79 Å². The van der Waals surface area contributed by atoms with Crippen molar-refractivity contribution in [2.24, 2.45) is 16.5 Å². The third kappa shape index (κ3) is 4.28. The highest BCUT2D eigenvalue weighted by molar-refractivity contribution is 5.92. The molecule has 3 aromatic carbocycles. The highest BCUT2D eigenvalue weighted by Gasteiger charge is 2.15. The number of aromatic nitrogens is 1. The number of fused-ring (bicyclic) bond motifs is 1. The van der Waals surface area contributed by atoms with Crippen LogP contribution in [0.15, 0.2) is 77.8 Å². The number of guanidine groups is 1. The molecule has 1 amide bonds. The van der Waals surface area contributed by atoms with Gasteiger partial charge in [-0.2, -0.15) is 4.99 Å². The van der Waals surface area contributed by atoms with E-state index in [4.69, 9.17) is 16.2 Å². The molecular weight excluding hydrogens is 388 g/mol. The number of carbonyl (C=O) groups excluding carboxylic acids is 1. The lowest BCUT2D eigenvalue weighted by Gasteiger charge is -2.14. The van der Waals surface area contributed by atoms with Crippen LogP contribution in [0.5, 0.6) is 5.75 Å². The van der Waals surface area contributed by atoms with Crippen molar-refractivity contribution in [3.8, 4) is 28.3 Å². The number of aliphatic imine (C=N–C) groups is 1. The highest BCUT2D eigenvalue weighted by Crippen LogP contribution is 2.32. The van der Waals surface area contributed by atoms with E-state index >= 15 is 0 Å². The zero-order chi connectivity index (χ0) is 22.0. The molecule has 0 saturated heterocycles. The maximum absolute atomic E-state index is 12.5. The first-order valence-corrected chi connectivity index (χ1v) is 9.92. The average Bonchev–Trinajstić information content (AvgIpc) is 3.16. The number of nitrogens with zero attached hydrogens (tertiary/aromatic N) is 2. The molecule has 6 nitrogen and oxygen atoms in total. The lowest BCUT2D eigenvalue weighted by molar-refractivity contribution is -0.118. The molecule has 0 fully saturated rings. The zero-order valence-corrected chi connectivity index (χ0v) is 17.5. The van der Waals surface area contributed by atoms with Gasteiger partial charge in [0.2, 0.25) is 0 Å². The number of nitrogens with two attached hydrogens (primary N) is 2. The molecule has 0 aliphatic rings. The molecule has 4 rings (SSSR count). The fourth-order valence-corrected chi connectivity index (χ4v) is 3.76. The van der Waals surface area contributed by atoms with Gasteiger partial charge in [-0.25, -0.2) is 0 Å². The smallest absolute Gasteiger partial charge is 0.268 e. The molecule has 1 aromatic heterocycles. The van der Waals surface area contributed by atoms with E-state index in [0.29, 0.717) is 0 Å². The predicted octanol–water partition coefficient (Wildman–Crippen LogP) is 4.09. The van der Waals surface area contributed by atoms with Crippen LogP contribution in [0.25, 0.3) is 33.3 Å². The minimum absolute atomic E-state index is 0.0126. The summed E-state index contributed by atoms with van der Waals surface area (Å²) in [7, 11) is 1.63. The van der Waals surface area contributed by atoms with Gasteiger partial charge in [-0.05, 0) is 53.6 Å². The highest BCUT2D eigenvalue weighted by atomic mass is 16.5. The first-order valence-electron chi connectivity index (χ1n) is 9.92. The predicted molar refractivity (Wildman–Crippen MR) is 125 cm³/mol. The van der Waals surface area contributed by atoms with Crippen LogP contribution in [0.1, 0.15) is 5.56 Å². The maximum atomic E-state index is 12.5. The van der Waals surface area contributed by atoms with Crippen molar-refractivity contribution in [3.05, 3.63) is 78.4 Å². The molecule has 0 spiro atoms. The summed E-state index contributed by atoms with van der Waals surface area (Å²) >= 11 is 0. The number of methoxy groups -OCH3 is 1. The Bertz CT molecular complexity index is 1300. The molecule has 0 saturated carbocycles. The third-order valence-corrected chi connectivity index (χ3v) is 5.18. The van der Waals surface area contributed by atoms with Gasteiger partial charge in [0.25, 0.3) is 5.91 Å². The quantitative estimate of drug-likeness (QED) is 0.381. The minimum atomic E-state index is -0.419. The number of amides is 1. The van der Waals surface area contributed by atoms with Crippen LogP contribution in [0.4, 0.5) is 0 Å². The van der Waals surface area contributed by atoms with Crippen molar-refractivity contribution in [2.75, 3.05) is 7.11 Å². The van der Waals surface area contributed by atoms with Gasteiger partial charge in [0.15, 0.2) is 5.96 Å². The summed E-state index contributed by atoms with van der Waals surface area (Å²) in [5.41, 5.74) is 15.8. The number of benzene rings is 3. The second-order valence-corrected chi connectivity index (χ2v) is 7.42. The summed E-state index contributed by atoms with van der Waals surface area (Å²) in [6, 6.07) is 24.4. The molecule has 6 heteroatoms. The molecule has 156 valence electrons. The monoisotopic (exact) mass is 412 g/mol. The average molecular weight is 412 g/mol. The summed E-state index contributed by atoms with van der Waals surface area (Å²) < 4.78 is 7.30. The summed E-state index contributed by atoms with van der Waals surface area (Å²) in [5.74, 6) is 0.0733. The molecule has 4 N–H and O–H groups in total. The van der Waals surface area contributed by atoms with E-state index in [1.165, 1.54) is 10.9 Å². The molecule has 0 bridgehead atoms. The Kier molecular flexibility index (Phi) is 5.45. The standard InChI is InChI=1S/C25H24N4O2/c1-16-6-7-18-13-20(9-8-17(18)12-16)23-11-10-22(19-4-3-5-21(14-19)31-2)29(23)15-24(30)28-25(26)27/h3-14H,15H2,1-2H3,(H4,26,27,28,30). The van der Waals surface area contributed by atoms with Gasteiger partial charge in [0, 0.05) is 17.0 Å². The molecule has 0 unspecified atom stereocenters. The number of ether oxygens (including phenoxy) is 1. The second kappa shape index (κ2) is 8.36. The molecule has 31 heavy (non-hydrogen) atoms. The van der Waals surface area contributed by atoms with Gasteiger partial charge in [-0.1, -0.05) is 48.0 Å². The number of hydrogen-bond donors (Lipinski definition) is 2. The van der Waals surface area contributed by atoms with Gasteiger partial charge in [-0.3, -0.25) is 4.79 Å². The van der Waals surface area contributed by atoms with Gasteiger partial charge in [-0.15, -0.1) is 0 Å². The van der Waals surface area contributed by atoms with Gasteiger partial charge in [0.05, 0.1) is 7.11 Å². The van der Waals surface area contributed by atoms with Crippen LogP contribution in [-0.4, -0.2) is 23.5 Å². The minimum Gasteiger partial charge on any atom is -0.497 e. The Balaban J connectivity index is 1.85. The summed E-state index contributed by atoms with van der Waals surface area (Å²) in [5, 5.41) is 2.31. The van der Waals surface area contributed by atoms with E-state index in [1.807, 2.05) is 41.0 Å². The zero-order valence-electron chi connectivity index (χ0n) is 17.5. The van der Waals surface area contributed by atoms with Crippen LogP contribution in [0.2, 0.25) is 0 Å². The van der Waals surface area contributed by atoms with Crippen molar-refractivity contribution in [3.63, 3.8) is 0 Å². The molecule has 0 aliphatic carbocycles. The first kappa shape index (κ1) is 20.2. The lowest BCUT2D eigenvalue weighted by Crippen LogP contribution is -2.25. The molecular formula is C25H24N4O2. The summed E-state index contributed by atoms with van der Waals surface area (Å²) in [6.07, 6.45) is 0. The number of hydrogen-bond acceptors (Lipinski definition) is 2. The van der Waals surface area contributed by atoms with Crippen molar-refractivity contribution in [2.45, 2.75) is 13.5 Å². The second-order valence-electron chi connectivity index (χ2n) is 7.42. The Hall–Kier alpha value is -4.06.